The van der Waals surface area contributed by atoms with Gasteiger partial charge in [-0.25, -0.2) is 0 Å². The van der Waals surface area contributed by atoms with Crippen LogP contribution >= 0.6 is 11.3 Å². The summed E-state index contributed by atoms with van der Waals surface area (Å²) in [5, 5.41) is 9.98. The predicted molar refractivity (Wildman–Crippen MR) is 56.2 cm³/mol. The minimum atomic E-state index is 0.247. The molecule has 0 aliphatic carbocycles. The van der Waals surface area contributed by atoms with Gasteiger partial charge >= 0.3 is 0 Å². The molecule has 74 valence electrons. The molecular weight excluding hydrogens is 184 g/mol. The molecule has 0 radical (unpaired) electrons. The molecular formula is C8H16N4S. The number of nitrogens with two attached hydrogens (primary N) is 1. The highest BCUT2D eigenvalue weighted by Gasteiger charge is 2.06. The van der Waals surface area contributed by atoms with E-state index in [4.69, 9.17) is 5.73 Å². The van der Waals surface area contributed by atoms with Crippen LogP contribution in [0.25, 0.3) is 0 Å². The summed E-state index contributed by atoms with van der Waals surface area (Å²) in [5.41, 5.74) is 5.66. The molecule has 0 fully saturated rings. The first-order valence-electron chi connectivity index (χ1n) is 4.36. The second kappa shape index (κ2) is 4.53. The molecule has 1 unspecified atom stereocenters. The summed E-state index contributed by atoms with van der Waals surface area (Å²) in [6.07, 6.45) is 0.981. The van der Waals surface area contributed by atoms with Crippen molar-refractivity contribution < 1.29 is 0 Å². The second-order valence-electron chi connectivity index (χ2n) is 3.29. The molecule has 2 N–H and O–H groups in total. The van der Waals surface area contributed by atoms with Crippen LogP contribution in [0.3, 0.4) is 0 Å². The SMILES string of the molecule is Cc1nnc(N(C)CCC(C)N)s1. The average Bonchev–Trinajstić information content (AvgIpc) is 2.47. The maximum Gasteiger partial charge on any atom is 0.208 e. The first-order chi connectivity index (χ1) is 6.09. The molecule has 0 aliphatic heterocycles. The zero-order valence-corrected chi connectivity index (χ0v) is 9.14. The van der Waals surface area contributed by atoms with E-state index in [0.29, 0.717) is 0 Å². The van der Waals surface area contributed by atoms with E-state index in [9.17, 15) is 0 Å². The number of hydrogen-bond donors (Lipinski definition) is 1. The van der Waals surface area contributed by atoms with Gasteiger partial charge in [0.15, 0.2) is 0 Å². The zero-order chi connectivity index (χ0) is 9.84. The third kappa shape index (κ3) is 3.28. The molecule has 4 nitrogen and oxygen atoms in total. The van der Waals surface area contributed by atoms with Crippen LogP contribution < -0.4 is 10.6 Å². The Balaban J connectivity index is 2.44. The van der Waals surface area contributed by atoms with Crippen molar-refractivity contribution >= 4 is 16.5 Å². The average molecular weight is 200 g/mol. The van der Waals surface area contributed by atoms with Crippen molar-refractivity contribution in [3.63, 3.8) is 0 Å². The number of aromatic nitrogens is 2. The van der Waals surface area contributed by atoms with Crippen molar-refractivity contribution in [1.29, 1.82) is 0 Å². The van der Waals surface area contributed by atoms with Crippen molar-refractivity contribution in [1.82, 2.24) is 10.2 Å². The van der Waals surface area contributed by atoms with Crippen LogP contribution in [-0.2, 0) is 0 Å². The Kier molecular flexibility index (Phi) is 3.62. The normalized spacial score (nSPS) is 12.9. The Morgan fingerprint density at radius 1 is 1.54 bits per heavy atom. The van der Waals surface area contributed by atoms with Gasteiger partial charge in [0.25, 0.3) is 0 Å². The molecule has 1 rings (SSSR count). The van der Waals surface area contributed by atoms with E-state index < -0.39 is 0 Å². The van der Waals surface area contributed by atoms with Crippen LogP contribution in [0, 0.1) is 6.92 Å². The molecule has 0 bridgehead atoms. The van der Waals surface area contributed by atoms with E-state index in [1.807, 2.05) is 20.9 Å². The molecule has 0 aliphatic rings. The molecule has 0 saturated heterocycles. The lowest BCUT2D eigenvalue weighted by Crippen LogP contribution is -2.25. The van der Waals surface area contributed by atoms with Crippen molar-refractivity contribution in [2.75, 3.05) is 18.5 Å². The molecule has 1 atom stereocenters. The monoisotopic (exact) mass is 200 g/mol. The maximum atomic E-state index is 5.66. The van der Waals surface area contributed by atoms with Gasteiger partial charge in [-0.15, -0.1) is 10.2 Å². The molecule has 13 heavy (non-hydrogen) atoms. The smallest absolute Gasteiger partial charge is 0.208 e. The predicted octanol–water partition coefficient (Wildman–Crippen LogP) is 1.02. The summed E-state index contributed by atoms with van der Waals surface area (Å²) in [4.78, 5) is 2.09. The van der Waals surface area contributed by atoms with Gasteiger partial charge in [0.1, 0.15) is 5.01 Å². The maximum absolute atomic E-state index is 5.66. The summed E-state index contributed by atoms with van der Waals surface area (Å²) in [7, 11) is 2.02. The Morgan fingerprint density at radius 2 is 2.23 bits per heavy atom. The van der Waals surface area contributed by atoms with Crippen LogP contribution in [0.4, 0.5) is 5.13 Å². The van der Waals surface area contributed by atoms with Gasteiger partial charge in [-0.05, 0) is 20.3 Å². The zero-order valence-electron chi connectivity index (χ0n) is 8.32. The lowest BCUT2D eigenvalue weighted by molar-refractivity contribution is 0.657. The fourth-order valence-electron chi connectivity index (χ4n) is 0.933. The van der Waals surface area contributed by atoms with Crippen LogP contribution in [0.2, 0.25) is 0 Å². The van der Waals surface area contributed by atoms with Crippen molar-refractivity contribution in [3.8, 4) is 0 Å². The Morgan fingerprint density at radius 3 is 2.69 bits per heavy atom. The highest BCUT2D eigenvalue weighted by molar-refractivity contribution is 7.15. The van der Waals surface area contributed by atoms with Crippen LogP contribution in [0.15, 0.2) is 0 Å². The molecule has 0 saturated carbocycles. The standard InChI is InChI=1S/C8H16N4S/c1-6(9)4-5-12(3)8-11-10-7(2)13-8/h6H,4-5,9H2,1-3H3. The molecule has 1 aromatic rings. The van der Waals surface area contributed by atoms with Gasteiger partial charge in [-0.1, -0.05) is 11.3 Å². The Bertz CT molecular complexity index is 258. The number of aryl methyl sites for hydroxylation is 1. The lowest BCUT2D eigenvalue weighted by Gasteiger charge is -2.15. The highest BCUT2D eigenvalue weighted by atomic mass is 32.1. The van der Waals surface area contributed by atoms with E-state index in [2.05, 4.69) is 15.1 Å². The number of nitrogens with zero attached hydrogens (tertiary/aromatic N) is 3. The van der Waals surface area contributed by atoms with E-state index in [0.717, 1.165) is 23.1 Å². The minimum absolute atomic E-state index is 0.247. The molecule has 1 heterocycles. The van der Waals surface area contributed by atoms with E-state index in [1.54, 1.807) is 11.3 Å². The number of anilines is 1. The van der Waals surface area contributed by atoms with E-state index >= 15 is 0 Å². The topological polar surface area (TPSA) is 55.0 Å². The number of hydrogen-bond acceptors (Lipinski definition) is 5. The largest absolute Gasteiger partial charge is 0.350 e. The van der Waals surface area contributed by atoms with Gasteiger partial charge in [0.2, 0.25) is 5.13 Å². The highest BCUT2D eigenvalue weighted by Crippen LogP contribution is 2.17. The summed E-state index contributed by atoms with van der Waals surface area (Å²) >= 11 is 1.61. The Hall–Kier alpha value is -0.680. The van der Waals surface area contributed by atoms with Gasteiger partial charge in [-0.3, -0.25) is 0 Å². The molecule has 0 amide bonds. The quantitative estimate of drug-likeness (QED) is 0.788. The minimum Gasteiger partial charge on any atom is -0.350 e. The van der Waals surface area contributed by atoms with Crippen molar-refractivity contribution in [3.05, 3.63) is 5.01 Å². The summed E-state index contributed by atoms with van der Waals surface area (Å²) in [6.45, 7) is 4.91. The third-order valence-corrected chi connectivity index (χ3v) is 2.71. The van der Waals surface area contributed by atoms with Crippen LogP contribution in [-0.4, -0.2) is 29.8 Å². The summed E-state index contributed by atoms with van der Waals surface area (Å²) in [5.74, 6) is 0. The fourth-order valence-corrected chi connectivity index (χ4v) is 1.61. The van der Waals surface area contributed by atoms with Crippen LogP contribution in [0.1, 0.15) is 18.4 Å². The summed E-state index contributed by atoms with van der Waals surface area (Å²) < 4.78 is 0. The molecule has 1 aromatic heterocycles. The van der Waals surface area contributed by atoms with Gasteiger partial charge in [-0.2, -0.15) is 0 Å². The molecule has 0 aromatic carbocycles. The van der Waals surface area contributed by atoms with Crippen molar-refractivity contribution in [2.45, 2.75) is 26.3 Å². The molecule has 5 heteroatoms. The molecule has 0 spiro atoms. The van der Waals surface area contributed by atoms with Crippen molar-refractivity contribution in [2.24, 2.45) is 5.73 Å². The first-order valence-corrected chi connectivity index (χ1v) is 5.18. The van der Waals surface area contributed by atoms with E-state index in [1.165, 1.54) is 0 Å². The van der Waals surface area contributed by atoms with Gasteiger partial charge in [0.05, 0.1) is 0 Å². The van der Waals surface area contributed by atoms with E-state index in [-0.39, 0.29) is 6.04 Å². The second-order valence-corrected chi connectivity index (χ2v) is 4.45. The van der Waals surface area contributed by atoms with Crippen LogP contribution in [0.5, 0.6) is 0 Å². The van der Waals surface area contributed by atoms with Gasteiger partial charge < -0.3 is 10.6 Å². The first kappa shape index (κ1) is 10.4. The number of rotatable bonds is 4. The summed E-state index contributed by atoms with van der Waals surface area (Å²) in [6, 6.07) is 0.247. The lowest BCUT2D eigenvalue weighted by atomic mass is 10.2. The van der Waals surface area contributed by atoms with Gasteiger partial charge in [0, 0.05) is 19.6 Å². The fraction of sp³-hybridized carbons (Fsp3) is 0.750. The third-order valence-electron chi connectivity index (χ3n) is 1.76. The Labute approximate surface area is 82.8 Å².